The first kappa shape index (κ1) is 22.7. The number of benzene rings is 2. The van der Waals surface area contributed by atoms with Crippen LogP contribution in [0.4, 0.5) is 0 Å². The average Bonchev–Trinajstić information content (AvgIpc) is 3.28. The van der Waals surface area contributed by atoms with E-state index in [1.165, 1.54) is 0 Å². The standard InChI is InChI=1S/C23H27BrO7/c24-18-6-3-14(23-22(28)21(27)20(26)19(11-25)31-23)10-15(18)9-13-1-4-16(5-2-13)30-17-7-8-29-12-17/h1-6,10,17,19-23,25-28H,7-9,11-12H2/t17-,19-,20-,21+,22-,23-/m1/s1. The summed E-state index contributed by atoms with van der Waals surface area (Å²) in [6.45, 7) is 0.910. The van der Waals surface area contributed by atoms with Gasteiger partial charge in [0, 0.05) is 10.9 Å². The lowest BCUT2D eigenvalue weighted by Gasteiger charge is -2.40. The van der Waals surface area contributed by atoms with Gasteiger partial charge < -0.3 is 34.6 Å². The number of hydrogen-bond acceptors (Lipinski definition) is 7. The van der Waals surface area contributed by atoms with E-state index < -0.39 is 37.1 Å². The van der Waals surface area contributed by atoms with Gasteiger partial charge in [-0.1, -0.05) is 40.2 Å². The summed E-state index contributed by atoms with van der Waals surface area (Å²) in [6.07, 6.45) is -4.22. The summed E-state index contributed by atoms with van der Waals surface area (Å²) < 4.78 is 17.8. The minimum Gasteiger partial charge on any atom is -0.488 e. The molecule has 0 unspecified atom stereocenters. The van der Waals surface area contributed by atoms with Crippen LogP contribution in [0.5, 0.6) is 5.75 Å². The molecule has 8 heteroatoms. The van der Waals surface area contributed by atoms with Gasteiger partial charge in [0.1, 0.15) is 42.4 Å². The highest BCUT2D eigenvalue weighted by molar-refractivity contribution is 9.10. The summed E-state index contributed by atoms with van der Waals surface area (Å²) in [5.41, 5.74) is 2.73. The maximum atomic E-state index is 10.4. The molecule has 6 atom stereocenters. The van der Waals surface area contributed by atoms with Gasteiger partial charge in [0.05, 0.1) is 19.8 Å². The van der Waals surface area contributed by atoms with E-state index in [0.717, 1.165) is 34.4 Å². The van der Waals surface area contributed by atoms with Crippen molar-refractivity contribution in [1.29, 1.82) is 0 Å². The monoisotopic (exact) mass is 494 g/mol. The van der Waals surface area contributed by atoms with Gasteiger partial charge in [-0.3, -0.25) is 0 Å². The van der Waals surface area contributed by atoms with Gasteiger partial charge in [0.25, 0.3) is 0 Å². The Balaban J connectivity index is 1.49. The van der Waals surface area contributed by atoms with Gasteiger partial charge in [-0.15, -0.1) is 0 Å². The van der Waals surface area contributed by atoms with Crippen molar-refractivity contribution < 1.29 is 34.6 Å². The molecule has 2 heterocycles. The Labute approximate surface area is 189 Å². The molecule has 0 bridgehead atoms. The van der Waals surface area contributed by atoms with Gasteiger partial charge >= 0.3 is 0 Å². The molecule has 168 valence electrons. The second kappa shape index (κ2) is 9.95. The average molecular weight is 495 g/mol. The zero-order valence-electron chi connectivity index (χ0n) is 16.9. The van der Waals surface area contributed by atoms with E-state index in [4.69, 9.17) is 14.2 Å². The van der Waals surface area contributed by atoms with Crippen LogP contribution in [-0.4, -0.2) is 70.8 Å². The van der Waals surface area contributed by atoms with Gasteiger partial charge in [-0.25, -0.2) is 0 Å². The predicted molar refractivity (Wildman–Crippen MR) is 116 cm³/mol. The fourth-order valence-corrected chi connectivity index (χ4v) is 4.38. The number of aliphatic hydroxyl groups excluding tert-OH is 4. The molecular weight excluding hydrogens is 468 g/mol. The summed E-state index contributed by atoms with van der Waals surface area (Å²) in [7, 11) is 0. The van der Waals surface area contributed by atoms with E-state index in [9.17, 15) is 20.4 Å². The van der Waals surface area contributed by atoms with Crippen LogP contribution in [0.1, 0.15) is 29.2 Å². The Hall–Kier alpha value is -1.52. The molecule has 4 N–H and O–H groups in total. The van der Waals surface area contributed by atoms with E-state index in [1.807, 2.05) is 36.4 Å². The first-order valence-corrected chi connectivity index (χ1v) is 11.2. The van der Waals surface area contributed by atoms with Gasteiger partial charge in [-0.2, -0.15) is 0 Å². The van der Waals surface area contributed by atoms with Crippen LogP contribution >= 0.6 is 15.9 Å². The lowest BCUT2D eigenvalue weighted by Crippen LogP contribution is -2.55. The molecule has 2 fully saturated rings. The molecule has 0 spiro atoms. The SMILES string of the molecule is OC[C@H]1O[C@H](c2ccc(Br)c(Cc3ccc(O[C@@H]4CCOC4)cc3)c2)[C@H](O)[C@@H](O)[C@@H]1O. The zero-order valence-corrected chi connectivity index (χ0v) is 18.5. The van der Waals surface area contributed by atoms with Crippen molar-refractivity contribution >= 4 is 15.9 Å². The fourth-order valence-electron chi connectivity index (χ4n) is 3.99. The molecule has 2 saturated heterocycles. The third kappa shape index (κ3) is 5.12. The highest BCUT2D eigenvalue weighted by atomic mass is 79.9. The molecule has 2 aromatic carbocycles. The number of aliphatic hydroxyl groups is 4. The van der Waals surface area contributed by atoms with Crippen molar-refractivity contribution in [3.63, 3.8) is 0 Å². The smallest absolute Gasteiger partial charge is 0.124 e. The molecule has 31 heavy (non-hydrogen) atoms. The molecule has 0 aliphatic carbocycles. The highest BCUT2D eigenvalue weighted by Gasteiger charge is 2.44. The molecule has 2 aliphatic heterocycles. The van der Waals surface area contributed by atoms with E-state index in [2.05, 4.69) is 15.9 Å². The largest absolute Gasteiger partial charge is 0.488 e. The molecule has 0 saturated carbocycles. The maximum absolute atomic E-state index is 10.4. The topological polar surface area (TPSA) is 109 Å². The van der Waals surface area contributed by atoms with Crippen molar-refractivity contribution in [3.8, 4) is 5.75 Å². The first-order valence-electron chi connectivity index (χ1n) is 10.4. The van der Waals surface area contributed by atoms with Crippen LogP contribution in [0, 0.1) is 0 Å². The summed E-state index contributed by atoms with van der Waals surface area (Å²) in [4.78, 5) is 0. The van der Waals surface area contributed by atoms with Crippen LogP contribution < -0.4 is 4.74 Å². The summed E-state index contributed by atoms with van der Waals surface area (Å²) in [5, 5.41) is 40.0. The Morgan fingerprint density at radius 2 is 1.77 bits per heavy atom. The lowest BCUT2D eigenvalue weighted by molar-refractivity contribution is -0.231. The molecule has 2 aromatic rings. The molecular formula is C23H27BrO7. The Bertz CT molecular complexity index is 867. The van der Waals surface area contributed by atoms with E-state index in [-0.39, 0.29) is 6.10 Å². The van der Waals surface area contributed by atoms with Crippen molar-refractivity contribution in [2.75, 3.05) is 19.8 Å². The first-order chi connectivity index (χ1) is 15.0. The third-order valence-corrected chi connectivity index (χ3v) is 6.57. The van der Waals surface area contributed by atoms with Gasteiger partial charge in [0.15, 0.2) is 0 Å². The molecule has 7 nitrogen and oxygen atoms in total. The summed E-state index contributed by atoms with van der Waals surface area (Å²) in [6, 6.07) is 13.5. The van der Waals surface area contributed by atoms with E-state index in [1.54, 1.807) is 6.07 Å². The van der Waals surface area contributed by atoms with Crippen LogP contribution in [0.25, 0.3) is 0 Å². The number of halogens is 1. The molecule has 0 radical (unpaired) electrons. The number of rotatable bonds is 6. The molecule has 4 rings (SSSR count). The van der Waals surface area contributed by atoms with Crippen molar-refractivity contribution in [1.82, 2.24) is 0 Å². The Morgan fingerprint density at radius 1 is 1.00 bits per heavy atom. The van der Waals surface area contributed by atoms with Crippen molar-refractivity contribution in [2.45, 2.75) is 49.5 Å². The lowest BCUT2D eigenvalue weighted by atomic mass is 9.90. The van der Waals surface area contributed by atoms with E-state index in [0.29, 0.717) is 18.6 Å². The molecule has 2 aliphatic rings. The van der Waals surface area contributed by atoms with Gasteiger partial charge in [0.2, 0.25) is 0 Å². The summed E-state index contributed by atoms with van der Waals surface area (Å²) in [5.74, 6) is 0.813. The zero-order chi connectivity index (χ0) is 22.0. The van der Waals surface area contributed by atoms with E-state index >= 15 is 0 Å². The number of ether oxygens (including phenoxy) is 3. The molecule has 0 amide bonds. The minimum absolute atomic E-state index is 0.107. The second-order valence-corrected chi connectivity index (χ2v) is 8.88. The maximum Gasteiger partial charge on any atom is 0.124 e. The van der Waals surface area contributed by atoms with Crippen molar-refractivity contribution in [3.05, 3.63) is 63.6 Å². The Kier molecular flexibility index (Phi) is 7.28. The third-order valence-electron chi connectivity index (χ3n) is 5.80. The quantitative estimate of drug-likeness (QED) is 0.484. The normalized spacial score (nSPS) is 31.0. The van der Waals surface area contributed by atoms with Crippen LogP contribution in [0.3, 0.4) is 0 Å². The minimum atomic E-state index is -1.40. The number of hydrogen-bond donors (Lipinski definition) is 4. The van der Waals surface area contributed by atoms with Crippen molar-refractivity contribution in [2.24, 2.45) is 0 Å². The van der Waals surface area contributed by atoms with Crippen LogP contribution in [0.2, 0.25) is 0 Å². The molecule has 0 aromatic heterocycles. The van der Waals surface area contributed by atoms with Crippen LogP contribution in [-0.2, 0) is 15.9 Å². The highest BCUT2D eigenvalue weighted by Crippen LogP contribution is 2.34. The van der Waals surface area contributed by atoms with Gasteiger partial charge in [-0.05, 0) is 41.3 Å². The predicted octanol–water partition coefficient (Wildman–Crippen LogP) is 1.72. The van der Waals surface area contributed by atoms with Crippen LogP contribution in [0.15, 0.2) is 46.9 Å². The second-order valence-electron chi connectivity index (χ2n) is 8.02. The Morgan fingerprint density at radius 3 is 2.45 bits per heavy atom. The fraction of sp³-hybridized carbons (Fsp3) is 0.478. The summed E-state index contributed by atoms with van der Waals surface area (Å²) >= 11 is 3.58.